The normalized spacial score (nSPS) is 13.1. The number of halogens is 1. The Morgan fingerprint density at radius 3 is 2.73 bits per heavy atom. The zero-order valence-electron chi connectivity index (χ0n) is 17.2. The molecule has 1 aliphatic rings. The molecule has 5 rings (SSSR count). The van der Waals surface area contributed by atoms with E-state index in [-0.39, 0.29) is 24.2 Å². The largest absolute Gasteiger partial charge is 0.422 e. The zero-order valence-corrected chi connectivity index (χ0v) is 18.0. The number of amides is 1. The number of carbonyl (C=O) groups excluding carboxylic acids is 3. The molecule has 10 heteroatoms. The van der Waals surface area contributed by atoms with Crippen LogP contribution in [-0.4, -0.2) is 32.5 Å². The van der Waals surface area contributed by atoms with Gasteiger partial charge in [0.15, 0.2) is 5.78 Å². The molecule has 0 unspecified atom stereocenters. The highest BCUT2D eigenvalue weighted by atomic mass is 35.5. The lowest BCUT2D eigenvalue weighted by atomic mass is 10.1. The molecular formula is C23H15ClN4O5. The SMILES string of the molecule is Cc1ccc2c(c1)C(=O)C(=O)N2Cc1cn(CC(=O)c2cc3ccc(Cl)cc3oc2=O)nn1. The second-order valence-corrected chi connectivity index (χ2v) is 8.14. The number of hydrogen-bond acceptors (Lipinski definition) is 7. The minimum absolute atomic E-state index is 0.0215. The number of carbonyl (C=O) groups is 3. The topological polar surface area (TPSA) is 115 Å². The Kier molecular flexibility index (Phi) is 4.90. The summed E-state index contributed by atoms with van der Waals surface area (Å²) < 4.78 is 6.47. The molecule has 4 aromatic rings. The first-order chi connectivity index (χ1) is 15.8. The summed E-state index contributed by atoms with van der Waals surface area (Å²) in [5.41, 5.74) is 1.52. The first-order valence-corrected chi connectivity index (χ1v) is 10.3. The van der Waals surface area contributed by atoms with Gasteiger partial charge in [-0.2, -0.15) is 0 Å². The number of benzene rings is 2. The number of hydrogen-bond donors (Lipinski definition) is 0. The van der Waals surface area contributed by atoms with E-state index in [2.05, 4.69) is 10.3 Å². The average molecular weight is 463 g/mol. The number of Topliss-reactive ketones (excluding diaryl/α,β-unsaturated/α-hetero) is 2. The summed E-state index contributed by atoms with van der Waals surface area (Å²) in [7, 11) is 0. The van der Waals surface area contributed by atoms with Crippen molar-refractivity contribution >= 4 is 45.7 Å². The molecule has 2 aromatic heterocycles. The summed E-state index contributed by atoms with van der Waals surface area (Å²) in [5, 5.41) is 8.89. The minimum atomic E-state index is -0.775. The summed E-state index contributed by atoms with van der Waals surface area (Å²) in [4.78, 5) is 51.0. The number of anilines is 1. The van der Waals surface area contributed by atoms with Crippen LogP contribution >= 0.6 is 11.6 Å². The lowest BCUT2D eigenvalue weighted by molar-refractivity contribution is -0.114. The van der Waals surface area contributed by atoms with Crippen molar-refractivity contribution in [1.82, 2.24) is 15.0 Å². The minimum Gasteiger partial charge on any atom is -0.422 e. The Morgan fingerprint density at radius 2 is 1.91 bits per heavy atom. The molecule has 1 amide bonds. The molecule has 0 atom stereocenters. The molecule has 164 valence electrons. The van der Waals surface area contributed by atoms with Crippen molar-refractivity contribution in [3.05, 3.63) is 86.5 Å². The molecule has 2 aromatic carbocycles. The van der Waals surface area contributed by atoms with Crippen molar-refractivity contribution in [2.75, 3.05) is 4.90 Å². The first-order valence-electron chi connectivity index (χ1n) is 9.92. The van der Waals surface area contributed by atoms with Gasteiger partial charge >= 0.3 is 5.63 Å². The van der Waals surface area contributed by atoms with Gasteiger partial charge in [0.2, 0.25) is 0 Å². The molecule has 3 heterocycles. The second kappa shape index (κ2) is 7.79. The molecule has 0 aliphatic carbocycles. The van der Waals surface area contributed by atoms with Crippen LogP contribution in [0.1, 0.15) is 32.0 Å². The maximum Gasteiger partial charge on any atom is 0.347 e. The molecule has 0 N–H and O–H groups in total. The molecule has 0 saturated heterocycles. The number of ketones is 2. The Bertz CT molecular complexity index is 1540. The monoisotopic (exact) mass is 462 g/mol. The third-order valence-corrected chi connectivity index (χ3v) is 5.57. The van der Waals surface area contributed by atoms with E-state index in [0.29, 0.717) is 27.4 Å². The van der Waals surface area contributed by atoms with Crippen LogP contribution in [0.25, 0.3) is 11.0 Å². The van der Waals surface area contributed by atoms with E-state index in [9.17, 15) is 19.2 Å². The maximum absolute atomic E-state index is 12.7. The molecule has 0 fully saturated rings. The van der Waals surface area contributed by atoms with Crippen molar-refractivity contribution in [2.45, 2.75) is 20.0 Å². The Balaban J connectivity index is 1.35. The van der Waals surface area contributed by atoms with E-state index in [4.69, 9.17) is 16.0 Å². The van der Waals surface area contributed by atoms with Crippen molar-refractivity contribution in [1.29, 1.82) is 0 Å². The van der Waals surface area contributed by atoms with E-state index in [1.54, 1.807) is 24.3 Å². The van der Waals surface area contributed by atoms with Gasteiger partial charge in [0.05, 0.1) is 24.0 Å². The molecule has 0 saturated carbocycles. The van der Waals surface area contributed by atoms with Crippen LogP contribution in [0.2, 0.25) is 5.02 Å². The van der Waals surface area contributed by atoms with Gasteiger partial charge in [-0.05, 0) is 37.3 Å². The van der Waals surface area contributed by atoms with Gasteiger partial charge < -0.3 is 4.42 Å². The van der Waals surface area contributed by atoms with Crippen LogP contribution in [0, 0.1) is 6.92 Å². The Labute approximate surface area is 191 Å². The van der Waals surface area contributed by atoms with Crippen molar-refractivity contribution in [3.63, 3.8) is 0 Å². The second-order valence-electron chi connectivity index (χ2n) is 7.70. The maximum atomic E-state index is 12.7. The van der Waals surface area contributed by atoms with Crippen molar-refractivity contribution in [3.8, 4) is 0 Å². The molecule has 0 spiro atoms. The fourth-order valence-corrected chi connectivity index (χ4v) is 3.90. The highest BCUT2D eigenvalue weighted by Crippen LogP contribution is 2.30. The summed E-state index contributed by atoms with van der Waals surface area (Å²) in [6, 6.07) is 11.4. The van der Waals surface area contributed by atoms with Crippen molar-refractivity contribution in [2.24, 2.45) is 0 Å². The molecule has 33 heavy (non-hydrogen) atoms. The predicted molar refractivity (Wildman–Crippen MR) is 119 cm³/mol. The predicted octanol–water partition coefficient (Wildman–Crippen LogP) is 2.96. The third-order valence-electron chi connectivity index (χ3n) is 5.34. The van der Waals surface area contributed by atoms with Crippen LogP contribution < -0.4 is 10.5 Å². The van der Waals surface area contributed by atoms with Gasteiger partial charge in [-0.1, -0.05) is 28.4 Å². The number of aryl methyl sites for hydroxylation is 1. The zero-order chi connectivity index (χ0) is 23.3. The van der Waals surface area contributed by atoms with Gasteiger partial charge in [0.1, 0.15) is 23.4 Å². The van der Waals surface area contributed by atoms with E-state index in [1.807, 2.05) is 13.0 Å². The number of rotatable bonds is 5. The summed E-state index contributed by atoms with van der Waals surface area (Å²) in [6.45, 7) is 1.61. The van der Waals surface area contributed by atoms with E-state index in [0.717, 1.165) is 5.56 Å². The molecule has 1 aliphatic heterocycles. The van der Waals surface area contributed by atoms with E-state index in [1.165, 1.54) is 27.9 Å². The molecule has 0 radical (unpaired) electrons. The van der Waals surface area contributed by atoms with E-state index >= 15 is 0 Å². The fraction of sp³-hybridized carbons (Fsp3) is 0.130. The number of fused-ring (bicyclic) bond motifs is 2. The standard InChI is InChI=1S/C23H15ClN4O5/c1-12-2-5-18-16(6-12)21(30)22(31)28(18)10-15-9-27(26-25-15)11-19(29)17-7-13-3-4-14(24)8-20(13)33-23(17)32/h2-9H,10-11H2,1H3. The van der Waals surface area contributed by atoms with Crippen molar-refractivity contribution < 1.29 is 18.8 Å². The average Bonchev–Trinajstić information content (AvgIpc) is 3.31. The van der Waals surface area contributed by atoms with Gasteiger partial charge in [0.25, 0.3) is 11.7 Å². The van der Waals surface area contributed by atoms with Crippen LogP contribution in [0.15, 0.2) is 57.9 Å². The molecular weight excluding hydrogens is 448 g/mol. The number of nitrogens with zero attached hydrogens (tertiary/aromatic N) is 4. The lowest BCUT2D eigenvalue weighted by Gasteiger charge is -2.14. The van der Waals surface area contributed by atoms with Gasteiger partial charge in [-0.25, -0.2) is 9.48 Å². The van der Waals surface area contributed by atoms with E-state index < -0.39 is 23.1 Å². The summed E-state index contributed by atoms with van der Waals surface area (Å²) >= 11 is 5.90. The Hall–Kier alpha value is -4.11. The summed E-state index contributed by atoms with van der Waals surface area (Å²) in [6.07, 6.45) is 1.49. The quantitative estimate of drug-likeness (QED) is 0.254. The molecule has 9 nitrogen and oxygen atoms in total. The molecule has 0 bridgehead atoms. The van der Waals surface area contributed by atoms with Gasteiger partial charge in [-0.15, -0.1) is 5.10 Å². The Morgan fingerprint density at radius 1 is 1.09 bits per heavy atom. The van der Waals surface area contributed by atoms with Gasteiger partial charge in [0, 0.05) is 16.5 Å². The highest BCUT2D eigenvalue weighted by Gasteiger charge is 2.36. The smallest absolute Gasteiger partial charge is 0.347 e. The number of aromatic nitrogens is 3. The third kappa shape index (κ3) is 3.72. The van der Waals surface area contributed by atoms with Gasteiger partial charge in [-0.3, -0.25) is 19.3 Å². The van der Waals surface area contributed by atoms with Crippen LogP contribution in [-0.2, 0) is 17.9 Å². The fourth-order valence-electron chi connectivity index (χ4n) is 3.73. The van der Waals surface area contributed by atoms with Crippen LogP contribution in [0.4, 0.5) is 5.69 Å². The van der Waals surface area contributed by atoms with Crippen LogP contribution in [0.5, 0.6) is 0 Å². The lowest BCUT2D eigenvalue weighted by Crippen LogP contribution is -2.29. The highest BCUT2D eigenvalue weighted by molar-refractivity contribution is 6.52. The first kappa shape index (κ1) is 20.8. The summed E-state index contributed by atoms with van der Waals surface area (Å²) in [5.74, 6) is -1.72. The van der Waals surface area contributed by atoms with Crippen LogP contribution in [0.3, 0.4) is 0 Å².